The molecule has 5 aromatic rings. The van der Waals surface area contributed by atoms with E-state index in [1.807, 2.05) is 4.90 Å². The van der Waals surface area contributed by atoms with E-state index in [2.05, 4.69) is 30.0 Å². The van der Waals surface area contributed by atoms with Gasteiger partial charge >= 0.3 is 10.2 Å². The summed E-state index contributed by atoms with van der Waals surface area (Å²) in [5.41, 5.74) is -1.25. The van der Waals surface area contributed by atoms with Gasteiger partial charge in [-0.15, -0.1) is 0 Å². The molecule has 2 aromatic carbocycles. The Bertz CT molecular complexity index is 2820. The quantitative estimate of drug-likeness (QED) is 0.104. The summed E-state index contributed by atoms with van der Waals surface area (Å²) in [4.78, 5) is 72.6. The third kappa shape index (κ3) is 8.87. The van der Waals surface area contributed by atoms with Crippen LogP contribution < -0.4 is 19.8 Å². The summed E-state index contributed by atoms with van der Waals surface area (Å²) >= 11 is 0. The van der Waals surface area contributed by atoms with Crippen molar-refractivity contribution in [3.05, 3.63) is 95.3 Å². The molecule has 1 atom stereocenters. The third-order valence-corrected chi connectivity index (χ3v) is 13.6. The number of hydrogen-bond donors (Lipinski definition) is 4. The first-order valence-corrected chi connectivity index (χ1v) is 22.0. The number of aromatic nitrogens is 4. The number of nitrogens with zero attached hydrogens (tertiary/aromatic N) is 7. The number of benzene rings is 2. The number of ketones is 1. The highest BCUT2D eigenvalue weighted by Gasteiger charge is 2.38. The summed E-state index contributed by atoms with van der Waals surface area (Å²) in [6.45, 7) is 3.73. The Kier molecular flexibility index (Phi) is 11.8. The minimum atomic E-state index is -4.17. The van der Waals surface area contributed by atoms with E-state index in [-0.39, 0.29) is 85.5 Å². The fourth-order valence-corrected chi connectivity index (χ4v) is 9.01. The van der Waals surface area contributed by atoms with Crippen molar-refractivity contribution in [2.45, 2.75) is 50.5 Å². The maximum atomic E-state index is 15.6. The van der Waals surface area contributed by atoms with Crippen LogP contribution in [0.3, 0.4) is 0 Å². The average molecular weight is 904 g/mol. The van der Waals surface area contributed by atoms with Gasteiger partial charge in [-0.3, -0.25) is 29.2 Å². The smallest absolute Gasteiger partial charge is 0.301 e. The zero-order valence-electron chi connectivity index (χ0n) is 35.8. The van der Waals surface area contributed by atoms with Crippen LogP contribution in [0.4, 0.5) is 30.5 Å². The Labute approximate surface area is 367 Å². The number of nitrogens with one attached hydrogen (secondary N) is 3. The third-order valence-electron chi connectivity index (χ3n) is 12.0. The van der Waals surface area contributed by atoms with E-state index in [1.165, 1.54) is 31.6 Å². The number of anilines is 3. The van der Waals surface area contributed by atoms with Crippen molar-refractivity contribution in [2.75, 3.05) is 67.4 Å². The van der Waals surface area contributed by atoms with Crippen molar-refractivity contribution in [1.82, 2.24) is 34.5 Å². The Morgan fingerprint density at radius 3 is 2.33 bits per heavy atom. The van der Waals surface area contributed by atoms with Crippen LogP contribution >= 0.6 is 0 Å². The number of H-pyrrole nitrogens is 1. The van der Waals surface area contributed by atoms with Crippen molar-refractivity contribution in [1.29, 1.82) is 0 Å². The maximum Gasteiger partial charge on any atom is 0.301 e. The number of amides is 3. The molecule has 0 aliphatic carbocycles. The number of aliphatic hydroxyl groups is 1. The number of rotatable bonds is 12. The van der Waals surface area contributed by atoms with Crippen LogP contribution in [-0.2, 0) is 24.6 Å². The molecule has 3 fully saturated rings. The highest BCUT2D eigenvalue weighted by Crippen LogP contribution is 2.34. The van der Waals surface area contributed by atoms with E-state index in [4.69, 9.17) is 1.37 Å². The average Bonchev–Trinajstić information content (AvgIpc) is 3.72. The first-order valence-electron chi connectivity index (χ1n) is 21.1. The number of piperidine rings is 2. The van der Waals surface area contributed by atoms with Crippen LogP contribution in [0.5, 0.6) is 0 Å². The lowest BCUT2D eigenvalue weighted by molar-refractivity contribution is -0.138. The molecule has 0 bridgehead atoms. The topological polar surface area (TPSA) is 214 Å². The Balaban J connectivity index is 0.864. The van der Waals surface area contributed by atoms with Gasteiger partial charge in [0.2, 0.25) is 29.5 Å². The predicted octanol–water partition coefficient (Wildman–Crippen LogP) is 3.87. The van der Waals surface area contributed by atoms with Gasteiger partial charge in [-0.25, -0.2) is 28.1 Å². The van der Waals surface area contributed by atoms with Crippen LogP contribution in [-0.4, -0.2) is 125 Å². The van der Waals surface area contributed by atoms with Crippen LogP contribution in [0, 0.1) is 17.5 Å². The number of fused-ring (bicyclic) bond motifs is 1. The van der Waals surface area contributed by atoms with E-state index in [0.29, 0.717) is 43.3 Å². The van der Waals surface area contributed by atoms with Gasteiger partial charge in [0.15, 0.2) is 5.82 Å². The normalized spacial score (nSPS) is 19.5. The fourth-order valence-electron chi connectivity index (χ4n) is 8.08. The predicted molar refractivity (Wildman–Crippen MR) is 229 cm³/mol. The Morgan fingerprint density at radius 1 is 0.953 bits per heavy atom. The van der Waals surface area contributed by atoms with Crippen LogP contribution in [0.2, 0.25) is 0 Å². The summed E-state index contributed by atoms with van der Waals surface area (Å²) in [5, 5.41) is 13.8. The molecule has 3 aromatic heterocycles. The molecule has 0 radical (unpaired) electrons. The van der Waals surface area contributed by atoms with Gasteiger partial charge in [-0.05, 0) is 55.2 Å². The minimum absolute atomic E-state index is 0.0181. The maximum absolute atomic E-state index is 15.6. The van der Waals surface area contributed by atoms with E-state index in [9.17, 15) is 32.7 Å². The van der Waals surface area contributed by atoms with Gasteiger partial charge in [0.05, 0.1) is 34.9 Å². The summed E-state index contributed by atoms with van der Waals surface area (Å²) in [5.74, 6) is -7.06. The highest BCUT2D eigenvalue weighted by atomic mass is 32.2. The first kappa shape index (κ1) is 42.8. The lowest BCUT2D eigenvalue weighted by Gasteiger charge is -2.41. The largest absolute Gasteiger partial charge is 0.389 e. The molecule has 64 heavy (non-hydrogen) atoms. The summed E-state index contributed by atoms with van der Waals surface area (Å²) < 4.78 is 82.7. The first-order chi connectivity index (χ1) is 30.9. The molecular formula is C43H45F3N10O7S. The van der Waals surface area contributed by atoms with Gasteiger partial charge in [-0.1, -0.05) is 13.0 Å². The van der Waals surface area contributed by atoms with Crippen LogP contribution in [0.25, 0.3) is 22.2 Å². The number of carbonyl (C=O) groups excluding carboxylic acids is 4. The number of piperazine rings is 1. The van der Waals surface area contributed by atoms with Crippen LogP contribution in [0.15, 0.2) is 61.2 Å². The number of halogens is 3. The second kappa shape index (κ2) is 17.6. The molecule has 336 valence electrons. The standard InChI is InChI=1S/C43H45F3N10O7S/c1-3-53(2)64(62,63)52-33-7-6-31(44)37(38(33)46)39(59)30-24-48-40-29(30)18-26(21-47-40)27-22-49-42(50-23-27)56-16-14-55(15-17-56)36(58)20-43(61)10-12-54(13-11-43)34-8-4-25(19-32(34)45)28-5-9-35(57)51-41(28)60/h4,6-8,18-19,21-24,28,52,61H,3,5,9-17,20H2,1-2H3,(H,47,48)(H,51,57,60)/t28-/m1/s1/i28D. The molecule has 21 heteroatoms. The number of aromatic amines is 1. The van der Waals surface area contributed by atoms with E-state index in [1.54, 1.807) is 35.2 Å². The zero-order chi connectivity index (χ0) is 46.4. The fraction of sp³-hybridized carbons (Fsp3) is 0.372. The highest BCUT2D eigenvalue weighted by molar-refractivity contribution is 7.90. The molecule has 17 nitrogen and oxygen atoms in total. The lowest BCUT2D eigenvalue weighted by Crippen LogP contribution is -2.52. The Hall–Kier alpha value is -6.45. The monoisotopic (exact) mass is 903 g/mol. The summed E-state index contributed by atoms with van der Waals surface area (Å²) in [7, 11) is -2.90. The van der Waals surface area contributed by atoms with Gasteiger partial charge in [0.1, 0.15) is 17.3 Å². The lowest BCUT2D eigenvalue weighted by atomic mass is 9.87. The molecule has 0 unspecified atom stereocenters. The van der Waals surface area contributed by atoms with E-state index < -0.39 is 68.0 Å². The van der Waals surface area contributed by atoms with Gasteiger partial charge in [0.25, 0.3) is 0 Å². The molecule has 0 spiro atoms. The van der Waals surface area contributed by atoms with Crippen molar-refractivity contribution in [2.24, 2.45) is 0 Å². The number of imide groups is 1. The van der Waals surface area contributed by atoms with Crippen molar-refractivity contribution in [3.63, 3.8) is 0 Å². The number of hydrogen-bond acceptors (Lipinski definition) is 12. The summed E-state index contributed by atoms with van der Waals surface area (Å²) in [6, 6.07) is 7.46. The SMILES string of the molecule is [2H][C@]1(c2ccc(N3CCC(O)(CC(=O)N4CCN(c5ncc(-c6cnc7[nH]cc(C(=O)c8c(F)ccc(NS(=O)(=O)N(C)CC)c8F)c7c6)cn5)CC4)CC3)c(F)c2)CCC(=O)NC1=O. The van der Waals surface area contributed by atoms with E-state index in [0.717, 1.165) is 22.5 Å². The molecule has 3 aliphatic heterocycles. The van der Waals surface area contributed by atoms with Crippen molar-refractivity contribution >= 4 is 62.1 Å². The van der Waals surface area contributed by atoms with Crippen molar-refractivity contribution in [3.8, 4) is 11.1 Å². The zero-order valence-corrected chi connectivity index (χ0v) is 35.6. The number of pyridine rings is 1. The molecular weight excluding hydrogens is 858 g/mol. The summed E-state index contributed by atoms with van der Waals surface area (Å²) in [6.07, 6.45) is 6.16. The molecule has 8 rings (SSSR count). The van der Waals surface area contributed by atoms with Gasteiger partial charge in [-0.2, -0.15) is 12.7 Å². The molecule has 0 saturated carbocycles. The molecule has 3 amide bonds. The van der Waals surface area contributed by atoms with Gasteiger partial charge < -0.3 is 24.8 Å². The van der Waals surface area contributed by atoms with Crippen molar-refractivity contribution < 1.29 is 47.2 Å². The molecule has 3 aliphatic rings. The Morgan fingerprint density at radius 2 is 1.66 bits per heavy atom. The molecule has 3 saturated heterocycles. The van der Waals surface area contributed by atoms with E-state index >= 15 is 13.2 Å². The van der Waals surface area contributed by atoms with Gasteiger partial charge in [0, 0.05) is 108 Å². The minimum Gasteiger partial charge on any atom is -0.389 e. The molecule has 4 N–H and O–H groups in total. The second-order valence-corrected chi connectivity index (χ2v) is 17.8. The van der Waals surface area contributed by atoms with Crippen LogP contribution in [0.1, 0.15) is 67.8 Å². The number of carbonyl (C=O) groups is 4. The second-order valence-electron chi connectivity index (χ2n) is 16.0. The molecule has 6 heterocycles.